The highest BCUT2D eigenvalue weighted by molar-refractivity contribution is 7.81. The molecule has 0 radical (unpaired) electrons. The molecule has 0 bridgehead atoms. The van der Waals surface area contributed by atoms with Crippen molar-refractivity contribution >= 4 is 24.8 Å². The molecule has 2 atom stereocenters. The molecule has 1 fully saturated rings. The van der Waals surface area contributed by atoms with E-state index in [9.17, 15) is 9.59 Å². The fraction of sp³-hybridized carbons (Fsp3) is 0.750. The average Bonchev–Trinajstić information content (AvgIpc) is 2.13. The maximum Gasteiger partial charge on any atom is 0.235 e. The summed E-state index contributed by atoms with van der Waals surface area (Å²) in [7, 11) is 0. The lowest BCUT2D eigenvalue weighted by Gasteiger charge is -2.28. The average molecular weight is 198 g/mol. The van der Waals surface area contributed by atoms with Gasteiger partial charge in [-0.3, -0.25) is 0 Å². The van der Waals surface area contributed by atoms with Gasteiger partial charge in [0.15, 0.2) is 0 Å². The molecular formula is C8H10N2O2S. The first-order valence-corrected chi connectivity index (χ1v) is 4.63. The van der Waals surface area contributed by atoms with Crippen LogP contribution in [-0.4, -0.2) is 29.5 Å². The first kappa shape index (κ1) is 10.2. The summed E-state index contributed by atoms with van der Waals surface area (Å²) in [6.45, 7) is 0. The Bertz CT molecular complexity index is 243. The van der Waals surface area contributed by atoms with Crippen molar-refractivity contribution in [3.63, 3.8) is 0 Å². The van der Waals surface area contributed by atoms with Crippen LogP contribution < -0.4 is 0 Å². The van der Waals surface area contributed by atoms with Crippen molar-refractivity contribution in [2.24, 2.45) is 9.98 Å². The first-order valence-electron chi connectivity index (χ1n) is 4.11. The topological polar surface area (TPSA) is 58.9 Å². The Morgan fingerprint density at radius 3 is 1.92 bits per heavy atom. The largest absolute Gasteiger partial charge is 0.235 e. The molecule has 2 unspecified atom stereocenters. The van der Waals surface area contributed by atoms with Crippen LogP contribution in [0.15, 0.2) is 9.98 Å². The molecule has 0 aliphatic heterocycles. The Hall–Kier alpha value is -0.890. The normalized spacial score (nSPS) is 32.8. The Labute approximate surface area is 81.6 Å². The maximum atomic E-state index is 10.0. The summed E-state index contributed by atoms with van der Waals surface area (Å²) >= 11 is 4.27. The van der Waals surface area contributed by atoms with E-state index in [0.717, 1.165) is 19.3 Å². The standard InChI is InChI=1S/C8H10N2O2S/c11-4-9-6-2-1-3-7(8(6)13)10-5-12/h6-8,13H,1-3H2. The van der Waals surface area contributed by atoms with Crippen LogP contribution in [0, 0.1) is 0 Å². The smallest absolute Gasteiger partial charge is 0.211 e. The molecule has 0 amide bonds. The zero-order valence-corrected chi connectivity index (χ0v) is 7.91. The van der Waals surface area contributed by atoms with Crippen LogP contribution in [-0.2, 0) is 9.59 Å². The summed E-state index contributed by atoms with van der Waals surface area (Å²) in [5.74, 6) is 0. The van der Waals surface area contributed by atoms with Crippen molar-refractivity contribution in [3.8, 4) is 0 Å². The summed E-state index contributed by atoms with van der Waals surface area (Å²) < 4.78 is 0. The number of rotatable bonds is 2. The van der Waals surface area contributed by atoms with Crippen LogP contribution in [0.3, 0.4) is 0 Å². The lowest BCUT2D eigenvalue weighted by Crippen LogP contribution is -2.35. The zero-order valence-electron chi connectivity index (χ0n) is 7.01. The van der Waals surface area contributed by atoms with Gasteiger partial charge in [-0.25, -0.2) is 19.6 Å². The number of isocyanates is 2. The quantitative estimate of drug-likeness (QED) is 0.407. The van der Waals surface area contributed by atoms with E-state index in [0.29, 0.717) is 0 Å². The minimum Gasteiger partial charge on any atom is -0.211 e. The molecule has 0 aromatic carbocycles. The molecule has 4 nitrogen and oxygen atoms in total. The molecule has 13 heavy (non-hydrogen) atoms. The second-order valence-electron chi connectivity index (χ2n) is 3.00. The van der Waals surface area contributed by atoms with Gasteiger partial charge in [0, 0.05) is 5.25 Å². The molecule has 0 spiro atoms. The molecule has 70 valence electrons. The van der Waals surface area contributed by atoms with Crippen LogP contribution in [0.4, 0.5) is 0 Å². The summed E-state index contributed by atoms with van der Waals surface area (Å²) in [5, 5.41) is -0.156. The van der Waals surface area contributed by atoms with Crippen molar-refractivity contribution in [2.45, 2.75) is 36.6 Å². The third-order valence-corrected chi connectivity index (χ3v) is 2.91. The third kappa shape index (κ3) is 2.52. The maximum absolute atomic E-state index is 10.0. The van der Waals surface area contributed by atoms with Gasteiger partial charge >= 0.3 is 0 Å². The predicted octanol–water partition coefficient (Wildman–Crippen LogP) is 0.878. The highest BCUT2D eigenvalue weighted by Crippen LogP contribution is 2.27. The van der Waals surface area contributed by atoms with Crippen molar-refractivity contribution in [2.75, 3.05) is 0 Å². The Balaban J connectivity index is 2.70. The van der Waals surface area contributed by atoms with Gasteiger partial charge < -0.3 is 0 Å². The first-order chi connectivity index (χ1) is 6.29. The molecule has 1 aliphatic carbocycles. The van der Waals surface area contributed by atoms with Crippen LogP contribution in [0.25, 0.3) is 0 Å². The molecule has 0 N–H and O–H groups in total. The minimum atomic E-state index is -0.156. The van der Waals surface area contributed by atoms with E-state index in [1.807, 2.05) is 0 Å². The molecule has 0 aromatic heterocycles. The van der Waals surface area contributed by atoms with E-state index in [4.69, 9.17) is 0 Å². The highest BCUT2D eigenvalue weighted by atomic mass is 32.1. The zero-order chi connectivity index (χ0) is 9.68. The van der Waals surface area contributed by atoms with Gasteiger partial charge in [-0.05, 0) is 19.3 Å². The van der Waals surface area contributed by atoms with Crippen molar-refractivity contribution in [1.29, 1.82) is 0 Å². The number of thiol groups is 1. The summed E-state index contributed by atoms with van der Waals surface area (Å²) in [6, 6.07) is -0.312. The van der Waals surface area contributed by atoms with Crippen molar-refractivity contribution < 1.29 is 9.59 Å². The van der Waals surface area contributed by atoms with Crippen LogP contribution >= 0.6 is 12.6 Å². The van der Waals surface area contributed by atoms with Gasteiger partial charge in [0.05, 0.1) is 12.1 Å². The Morgan fingerprint density at radius 1 is 1.08 bits per heavy atom. The Morgan fingerprint density at radius 2 is 1.54 bits per heavy atom. The van der Waals surface area contributed by atoms with Gasteiger partial charge in [0.25, 0.3) is 0 Å². The van der Waals surface area contributed by atoms with Crippen molar-refractivity contribution in [3.05, 3.63) is 0 Å². The van der Waals surface area contributed by atoms with E-state index in [1.54, 1.807) is 0 Å². The number of carbonyl (C=O) groups excluding carboxylic acids is 2. The number of nitrogens with zero attached hydrogens (tertiary/aromatic N) is 2. The molecule has 0 heterocycles. The highest BCUT2D eigenvalue weighted by Gasteiger charge is 2.30. The second-order valence-corrected chi connectivity index (χ2v) is 3.59. The van der Waals surface area contributed by atoms with Crippen LogP contribution in [0.2, 0.25) is 0 Å². The molecular weight excluding hydrogens is 188 g/mol. The lowest BCUT2D eigenvalue weighted by molar-refractivity contribution is 0.405. The molecule has 1 rings (SSSR count). The monoisotopic (exact) mass is 198 g/mol. The van der Waals surface area contributed by atoms with Crippen LogP contribution in [0.1, 0.15) is 19.3 Å². The fourth-order valence-electron chi connectivity index (χ4n) is 1.55. The molecule has 5 heteroatoms. The van der Waals surface area contributed by atoms with Gasteiger partial charge in [0.2, 0.25) is 12.2 Å². The number of aliphatic imine (C=N–C) groups is 2. The predicted molar refractivity (Wildman–Crippen MR) is 50.4 cm³/mol. The molecule has 1 aliphatic rings. The third-order valence-electron chi connectivity index (χ3n) is 2.23. The van der Waals surface area contributed by atoms with E-state index in [1.165, 1.54) is 12.2 Å². The van der Waals surface area contributed by atoms with E-state index in [-0.39, 0.29) is 17.3 Å². The Kier molecular flexibility index (Phi) is 3.90. The van der Waals surface area contributed by atoms with Gasteiger partial charge in [-0.1, -0.05) is 0 Å². The number of hydrogen-bond acceptors (Lipinski definition) is 5. The van der Waals surface area contributed by atoms with E-state index in [2.05, 4.69) is 22.6 Å². The van der Waals surface area contributed by atoms with Gasteiger partial charge in [0.1, 0.15) is 0 Å². The number of hydrogen-bond donors (Lipinski definition) is 1. The fourth-order valence-corrected chi connectivity index (χ4v) is 1.98. The SMILES string of the molecule is O=C=NC1CCCC(N=C=O)C1S. The van der Waals surface area contributed by atoms with Gasteiger partial charge in [-0.15, -0.1) is 0 Å². The summed E-state index contributed by atoms with van der Waals surface area (Å²) in [5.41, 5.74) is 0. The molecule has 0 aromatic rings. The molecule has 1 saturated carbocycles. The second kappa shape index (κ2) is 4.97. The van der Waals surface area contributed by atoms with E-state index >= 15 is 0 Å². The summed E-state index contributed by atoms with van der Waals surface area (Å²) in [6.07, 6.45) is 5.57. The lowest BCUT2D eigenvalue weighted by atomic mass is 9.91. The van der Waals surface area contributed by atoms with Crippen LogP contribution in [0.5, 0.6) is 0 Å². The van der Waals surface area contributed by atoms with Gasteiger partial charge in [-0.2, -0.15) is 12.6 Å². The molecule has 0 saturated heterocycles. The summed E-state index contributed by atoms with van der Waals surface area (Å²) in [4.78, 5) is 27.3. The minimum absolute atomic E-state index is 0.156. The van der Waals surface area contributed by atoms with Crippen molar-refractivity contribution in [1.82, 2.24) is 0 Å². The van der Waals surface area contributed by atoms with E-state index < -0.39 is 0 Å².